The van der Waals surface area contributed by atoms with Crippen molar-refractivity contribution in [2.24, 2.45) is 0 Å². The molecule has 0 aliphatic carbocycles. The maximum absolute atomic E-state index is 9.58. The highest BCUT2D eigenvalue weighted by molar-refractivity contribution is 7.11. The van der Waals surface area contributed by atoms with Gasteiger partial charge in [-0.25, -0.2) is 4.98 Å². The molecule has 0 fully saturated rings. The molecule has 0 radical (unpaired) electrons. The number of nitrogens with zero attached hydrogens (tertiary/aromatic N) is 2. The molecule has 3 rings (SSSR count). The highest BCUT2D eigenvalue weighted by Gasteiger charge is 2.10. The van der Waals surface area contributed by atoms with E-state index in [9.17, 15) is 5.26 Å². The topological polar surface area (TPSA) is 45.9 Å². The van der Waals surface area contributed by atoms with Crippen molar-refractivity contribution in [3.05, 3.63) is 83.2 Å². The Morgan fingerprint density at radius 2 is 1.92 bits per heavy atom. The largest absolute Gasteiger partial charge is 0.489 e. The van der Waals surface area contributed by atoms with Crippen LogP contribution in [0.15, 0.2) is 72.6 Å². The number of allylic oxidation sites excluding steroid dienone is 1. The van der Waals surface area contributed by atoms with Gasteiger partial charge in [0.25, 0.3) is 0 Å². The van der Waals surface area contributed by atoms with Crippen LogP contribution in [0.1, 0.15) is 10.6 Å². The van der Waals surface area contributed by atoms with Gasteiger partial charge >= 0.3 is 0 Å². The maximum Gasteiger partial charge on any atom is 0.134 e. The zero-order valence-corrected chi connectivity index (χ0v) is 14.4. The molecule has 1 heterocycles. The predicted molar refractivity (Wildman–Crippen MR) is 103 cm³/mol. The highest BCUT2D eigenvalue weighted by Crippen LogP contribution is 2.29. The molecule has 0 amide bonds. The molecule has 3 aromatic rings. The normalized spacial score (nSPS) is 10.9. The van der Waals surface area contributed by atoms with Crippen LogP contribution in [0.2, 0.25) is 0 Å². The van der Waals surface area contributed by atoms with Crippen LogP contribution in [0, 0.1) is 11.3 Å². The Morgan fingerprint density at radius 3 is 2.68 bits per heavy atom. The van der Waals surface area contributed by atoms with E-state index in [1.807, 2.05) is 66.1 Å². The summed E-state index contributed by atoms with van der Waals surface area (Å²) < 4.78 is 5.65. The monoisotopic (exact) mass is 344 g/mol. The van der Waals surface area contributed by atoms with Crippen LogP contribution in [0.25, 0.3) is 22.9 Å². The Balaban J connectivity index is 1.94. The molecule has 0 unspecified atom stereocenters. The first kappa shape index (κ1) is 16.7. The molecule has 0 spiro atoms. The van der Waals surface area contributed by atoms with Crippen molar-refractivity contribution in [1.29, 1.82) is 5.26 Å². The van der Waals surface area contributed by atoms with Gasteiger partial charge in [-0.15, -0.1) is 11.3 Å². The standard InChI is InChI=1S/C21H16N2OS/c1-2-12-24-20-11-7-6-10-17(20)13-18(14-22)21-23-19(15-25-21)16-8-4-3-5-9-16/h2-11,13,15H,1,12H2/b18-13+. The van der Waals surface area contributed by atoms with Crippen LogP contribution in [-0.4, -0.2) is 11.6 Å². The van der Waals surface area contributed by atoms with E-state index >= 15 is 0 Å². The molecule has 25 heavy (non-hydrogen) atoms. The van der Waals surface area contributed by atoms with E-state index in [1.165, 1.54) is 11.3 Å². The Bertz CT molecular complexity index is 936. The van der Waals surface area contributed by atoms with Gasteiger partial charge < -0.3 is 4.74 Å². The second-order valence-corrected chi connectivity index (χ2v) is 6.07. The van der Waals surface area contributed by atoms with Crippen LogP contribution < -0.4 is 4.74 Å². The quantitative estimate of drug-likeness (QED) is 0.442. The number of hydrogen-bond acceptors (Lipinski definition) is 4. The number of benzene rings is 2. The van der Waals surface area contributed by atoms with Crippen LogP contribution in [0.3, 0.4) is 0 Å². The summed E-state index contributed by atoms with van der Waals surface area (Å²) in [5.41, 5.74) is 3.27. The molecule has 0 aliphatic heterocycles. The minimum Gasteiger partial charge on any atom is -0.489 e. The van der Waals surface area contributed by atoms with Crippen molar-refractivity contribution < 1.29 is 4.74 Å². The minimum absolute atomic E-state index is 0.419. The van der Waals surface area contributed by atoms with Crippen molar-refractivity contribution in [1.82, 2.24) is 4.98 Å². The highest BCUT2D eigenvalue weighted by atomic mass is 32.1. The summed E-state index contributed by atoms with van der Waals surface area (Å²) in [4.78, 5) is 4.61. The van der Waals surface area contributed by atoms with Crippen LogP contribution in [0.5, 0.6) is 5.75 Å². The number of aromatic nitrogens is 1. The number of hydrogen-bond donors (Lipinski definition) is 0. The van der Waals surface area contributed by atoms with Crippen molar-refractivity contribution >= 4 is 23.0 Å². The first-order chi connectivity index (χ1) is 12.3. The van der Waals surface area contributed by atoms with Crippen molar-refractivity contribution in [2.75, 3.05) is 6.61 Å². The Morgan fingerprint density at radius 1 is 1.16 bits per heavy atom. The van der Waals surface area contributed by atoms with Crippen molar-refractivity contribution in [3.63, 3.8) is 0 Å². The molecule has 0 bridgehead atoms. The van der Waals surface area contributed by atoms with Gasteiger partial charge in [0.15, 0.2) is 0 Å². The van der Waals surface area contributed by atoms with Gasteiger partial charge in [0.1, 0.15) is 23.4 Å². The lowest BCUT2D eigenvalue weighted by Gasteiger charge is -2.07. The Hall–Kier alpha value is -3.16. The molecule has 122 valence electrons. The molecule has 0 saturated heterocycles. The Labute approximate surface area is 151 Å². The van der Waals surface area contributed by atoms with Gasteiger partial charge in [-0.2, -0.15) is 5.26 Å². The molecule has 0 N–H and O–H groups in total. The molecule has 4 heteroatoms. The number of rotatable bonds is 6. The third kappa shape index (κ3) is 4.03. The predicted octanol–water partition coefficient (Wildman–Crippen LogP) is 5.44. The third-order valence-electron chi connectivity index (χ3n) is 3.50. The maximum atomic E-state index is 9.58. The van der Waals surface area contributed by atoms with E-state index in [4.69, 9.17) is 4.74 Å². The van der Waals surface area contributed by atoms with Crippen LogP contribution in [0.4, 0.5) is 0 Å². The van der Waals surface area contributed by atoms with E-state index in [2.05, 4.69) is 17.6 Å². The van der Waals surface area contributed by atoms with E-state index in [1.54, 1.807) is 6.08 Å². The second kappa shape index (κ2) is 8.09. The fourth-order valence-electron chi connectivity index (χ4n) is 2.32. The molecule has 3 nitrogen and oxygen atoms in total. The first-order valence-electron chi connectivity index (χ1n) is 7.77. The molecular formula is C21H16N2OS. The van der Waals surface area contributed by atoms with Gasteiger partial charge in [-0.1, -0.05) is 61.2 Å². The lowest BCUT2D eigenvalue weighted by atomic mass is 10.1. The summed E-state index contributed by atoms with van der Waals surface area (Å²) in [5, 5.41) is 12.2. The van der Waals surface area contributed by atoms with E-state index < -0.39 is 0 Å². The molecule has 1 aromatic heterocycles. The average molecular weight is 344 g/mol. The summed E-state index contributed by atoms with van der Waals surface area (Å²) in [6.45, 7) is 4.08. The summed E-state index contributed by atoms with van der Waals surface area (Å²) in [6.07, 6.45) is 3.50. The first-order valence-corrected chi connectivity index (χ1v) is 8.65. The van der Waals surface area contributed by atoms with Gasteiger partial charge in [-0.05, 0) is 12.1 Å². The number of thiazole rings is 1. The van der Waals surface area contributed by atoms with Gasteiger partial charge in [-0.3, -0.25) is 0 Å². The third-order valence-corrected chi connectivity index (χ3v) is 4.38. The van der Waals surface area contributed by atoms with Crippen molar-refractivity contribution in [2.45, 2.75) is 0 Å². The summed E-state index contributed by atoms with van der Waals surface area (Å²) in [7, 11) is 0. The fraction of sp³-hybridized carbons (Fsp3) is 0.0476. The Kier molecular flexibility index (Phi) is 5.40. The summed E-state index contributed by atoms with van der Waals surface area (Å²) >= 11 is 1.46. The van der Waals surface area contributed by atoms with Crippen molar-refractivity contribution in [3.8, 4) is 23.1 Å². The zero-order chi connectivity index (χ0) is 17.5. The van der Waals surface area contributed by atoms with E-state index in [-0.39, 0.29) is 0 Å². The molecule has 2 aromatic carbocycles. The summed E-state index contributed by atoms with van der Waals surface area (Å²) in [6, 6.07) is 19.8. The SMILES string of the molecule is C=CCOc1ccccc1/C=C(\C#N)c1nc(-c2ccccc2)cs1. The van der Waals surface area contributed by atoms with Gasteiger partial charge in [0.2, 0.25) is 0 Å². The van der Waals surface area contributed by atoms with Crippen LogP contribution in [-0.2, 0) is 0 Å². The average Bonchev–Trinajstić information content (AvgIpc) is 3.16. The zero-order valence-electron chi connectivity index (χ0n) is 13.6. The smallest absolute Gasteiger partial charge is 0.134 e. The molecule has 0 saturated carbocycles. The number of nitriles is 1. The van der Waals surface area contributed by atoms with E-state index in [0.29, 0.717) is 17.2 Å². The lowest BCUT2D eigenvalue weighted by molar-refractivity contribution is 0.362. The number of para-hydroxylation sites is 1. The summed E-state index contributed by atoms with van der Waals surface area (Å²) in [5.74, 6) is 0.718. The molecule has 0 atom stereocenters. The molecular weight excluding hydrogens is 328 g/mol. The van der Waals surface area contributed by atoms with E-state index in [0.717, 1.165) is 22.6 Å². The van der Waals surface area contributed by atoms with Gasteiger partial charge in [0.05, 0.1) is 11.3 Å². The number of ether oxygens (including phenoxy) is 1. The molecule has 0 aliphatic rings. The fourth-order valence-corrected chi connectivity index (χ4v) is 3.11. The lowest BCUT2D eigenvalue weighted by Crippen LogP contribution is -1.95. The second-order valence-electron chi connectivity index (χ2n) is 5.21. The minimum atomic E-state index is 0.419. The van der Waals surface area contributed by atoms with Crippen LogP contribution >= 0.6 is 11.3 Å². The van der Waals surface area contributed by atoms with Gasteiger partial charge in [0, 0.05) is 16.5 Å².